The first-order valence-corrected chi connectivity index (χ1v) is 10.2. The molecule has 2 aromatic rings. The molecule has 0 radical (unpaired) electrons. The van der Waals surface area contributed by atoms with Gasteiger partial charge in [0.1, 0.15) is 11.5 Å². The minimum absolute atomic E-state index is 0.132. The highest BCUT2D eigenvalue weighted by Crippen LogP contribution is 2.40. The van der Waals surface area contributed by atoms with Crippen molar-refractivity contribution in [3.05, 3.63) is 57.6 Å². The lowest BCUT2D eigenvalue weighted by molar-refractivity contribution is 0.135. The molecule has 0 amide bonds. The smallest absolute Gasteiger partial charge is 0.125 e. The quantitative estimate of drug-likeness (QED) is 0.625. The number of hydrogen-bond donors (Lipinski definition) is 1. The second-order valence-electron chi connectivity index (χ2n) is 8.40. The van der Waals surface area contributed by atoms with Crippen LogP contribution in [0.15, 0.2) is 24.3 Å². The van der Waals surface area contributed by atoms with Gasteiger partial charge < -0.3 is 14.6 Å². The van der Waals surface area contributed by atoms with E-state index in [1.807, 2.05) is 6.92 Å². The molecule has 0 saturated carbocycles. The number of hydrogen-bond acceptors (Lipinski definition) is 3. The average molecular weight is 385 g/mol. The summed E-state index contributed by atoms with van der Waals surface area (Å²) in [5.41, 5.74) is 7.24. The summed E-state index contributed by atoms with van der Waals surface area (Å²) >= 11 is 0. The molecule has 2 rings (SSSR count). The Balaban J connectivity index is 2.37. The van der Waals surface area contributed by atoms with Crippen molar-refractivity contribution in [2.45, 2.75) is 72.8 Å². The third-order valence-electron chi connectivity index (χ3n) is 5.72. The zero-order chi connectivity index (χ0) is 21.1. The predicted octanol–water partition coefficient (Wildman–Crippen LogP) is 5.79. The van der Waals surface area contributed by atoms with Gasteiger partial charge in [0.15, 0.2) is 0 Å². The second-order valence-corrected chi connectivity index (χ2v) is 8.40. The van der Waals surface area contributed by atoms with Gasteiger partial charge in [-0.15, -0.1) is 0 Å². The number of benzene rings is 2. The van der Waals surface area contributed by atoms with Gasteiger partial charge in [-0.25, -0.2) is 0 Å². The van der Waals surface area contributed by atoms with E-state index < -0.39 is 0 Å². The lowest BCUT2D eigenvalue weighted by Crippen LogP contribution is -2.22. The van der Waals surface area contributed by atoms with E-state index in [1.54, 1.807) is 7.11 Å². The zero-order valence-electron chi connectivity index (χ0n) is 18.8. The molecule has 1 unspecified atom stereocenters. The van der Waals surface area contributed by atoms with Crippen molar-refractivity contribution in [1.29, 1.82) is 0 Å². The van der Waals surface area contributed by atoms with Crippen molar-refractivity contribution >= 4 is 0 Å². The lowest BCUT2D eigenvalue weighted by Gasteiger charge is -2.31. The van der Waals surface area contributed by atoms with E-state index in [4.69, 9.17) is 9.47 Å². The second kappa shape index (κ2) is 9.00. The van der Waals surface area contributed by atoms with Crippen LogP contribution in [0.1, 0.15) is 67.0 Å². The molecule has 0 fully saturated rings. The van der Waals surface area contributed by atoms with Gasteiger partial charge >= 0.3 is 0 Å². The van der Waals surface area contributed by atoms with E-state index >= 15 is 0 Å². The van der Waals surface area contributed by atoms with Crippen LogP contribution >= 0.6 is 0 Å². The Morgan fingerprint density at radius 3 is 1.93 bits per heavy atom. The maximum atomic E-state index is 9.75. The van der Waals surface area contributed by atoms with Crippen molar-refractivity contribution in [2.75, 3.05) is 13.7 Å². The van der Waals surface area contributed by atoms with Gasteiger partial charge in [-0.05, 0) is 79.6 Å². The molecule has 0 spiro atoms. The van der Waals surface area contributed by atoms with Crippen molar-refractivity contribution in [3.63, 3.8) is 0 Å². The maximum Gasteiger partial charge on any atom is 0.125 e. The molecule has 0 bridgehead atoms. The van der Waals surface area contributed by atoms with Gasteiger partial charge in [0, 0.05) is 11.8 Å². The number of aliphatic hydroxyl groups excluding tert-OH is 1. The monoisotopic (exact) mass is 384 g/mol. The fourth-order valence-corrected chi connectivity index (χ4v) is 4.21. The minimum atomic E-state index is -0.292. The summed E-state index contributed by atoms with van der Waals surface area (Å²) in [5, 5.41) is 9.75. The molecular weight excluding hydrogens is 348 g/mol. The highest BCUT2D eigenvalue weighted by molar-refractivity contribution is 5.53. The summed E-state index contributed by atoms with van der Waals surface area (Å²) in [5.74, 6) is 1.84. The van der Waals surface area contributed by atoms with Crippen LogP contribution in [0.4, 0.5) is 0 Å². The Bertz CT molecular complexity index is 775. The van der Waals surface area contributed by atoms with Crippen LogP contribution < -0.4 is 9.47 Å². The largest absolute Gasteiger partial charge is 0.497 e. The van der Waals surface area contributed by atoms with Crippen LogP contribution in [-0.4, -0.2) is 24.9 Å². The highest BCUT2D eigenvalue weighted by Gasteiger charge is 2.28. The third-order valence-corrected chi connectivity index (χ3v) is 5.72. The number of ether oxygens (including phenoxy) is 2. The molecule has 0 aliphatic carbocycles. The Morgan fingerprint density at radius 1 is 0.929 bits per heavy atom. The summed E-state index contributed by atoms with van der Waals surface area (Å²) in [4.78, 5) is 0. The first kappa shape index (κ1) is 22.3. The maximum absolute atomic E-state index is 9.75. The first-order chi connectivity index (χ1) is 13.1. The molecule has 0 aromatic heterocycles. The average Bonchev–Trinajstić information content (AvgIpc) is 2.62. The molecule has 1 atom stereocenters. The SMILES string of the molecule is CCC(O)CCOc1c(C)cc(C(C)(C)c2c(C)cc(OC)cc2C)cc1C. The van der Waals surface area contributed by atoms with Gasteiger partial charge in [-0.1, -0.05) is 32.9 Å². The number of rotatable bonds is 8. The van der Waals surface area contributed by atoms with Crippen molar-refractivity contribution in [1.82, 2.24) is 0 Å². The van der Waals surface area contributed by atoms with E-state index in [-0.39, 0.29) is 11.5 Å². The molecule has 2 aromatic carbocycles. The summed E-state index contributed by atoms with van der Waals surface area (Å²) in [6.07, 6.45) is 1.13. The Labute approximate surface area is 170 Å². The molecule has 0 aliphatic rings. The first-order valence-electron chi connectivity index (χ1n) is 10.2. The van der Waals surface area contributed by atoms with Crippen molar-refractivity contribution < 1.29 is 14.6 Å². The van der Waals surface area contributed by atoms with Gasteiger partial charge in [0.2, 0.25) is 0 Å². The minimum Gasteiger partial charge on any atom is -0.497 e. The van der Waals surface area contributed by atoms with Gasteiger partial charge in [0.25, 0.3) is 0 Å². The Kier molecular flexibility index (Phi) is 7.16. The van der Waals surface area contributed by atoms with Crippen molar-refractivity contribution in [2.24, 2.45) is 0 Å². The summed E-state index contributed by atoms with van der Waals surface area (Å²) in [6.45, 7) is 15.6. The van der Waals surface area contributed by atoms with Crippen LogP contribution in [0.2, 0.25) is 0 Å². The van der Waals surface area contributed by atoms with E-state index in [0.717, 1.165) is 29.0 Å². The lowest BCUT2D eigenvalue weighted by atomic mass is 9.73. The molecule has 3 nitrogen and oxygen atoms in total. The van der Waals surface area contributed by atoms with Crippen LogP contribution in [0.25, 0.3) is 0 Å². The fourth-order valence-electron chi connectivity index (χ4n) is 4.21. The van der Waals surface area contributed by atoms with Gasteiger partial charge in [-0.3, -0.25) is 0 Å². The van der Waals surface area contributed by atoms with Crippen LogP contribution in [0.3, 0.4) is 0 Å². The summed E-state index contributed by atoms with van der Waals surface area (Å²) < 4.78 is 11.4. The molecule has 0 aliphatic heterocycles. The predicted molar refractivity (Wildman–Crippen MR) is 117 cm³/mol. The molecule has 154 valence electrons. The number of aryl methyl sites for hydroxylation is 4. The fraction of sp³-hybridized carbons (Fsp3) is 0.520. The molecule has 3 heteroatoms. The normalized spacial score (nSPS) is 12.8. The molecule has 0 heterocycles. The zero-order valence-corrected chi connectivity index (χ0v) is 18.8. The topological polar surface area (TPSA) is 38.7 Å². The number of aliphatic hydroxyl groups is 1. The number of methoxy groups -OCH3 is 1. The van der Waals surface area contributed by atoms with Crippen molar-refractivity contribution in [3.8, 4) is 11.5 Å². The Morgan fingerprint density at radius 2 is 1.46 bits per heavy atom. The van der Waals surface area contributed by atoms with E-state index in [0.29, 0.717) is 13.0 Å². The van der Waals surface area contributed by atoms with Crippen LogP contribution in [0.5, 0.6) is 11.5 Å². The Hall–Kier alpha value is -2.00. The van der Waals surface area contributed by atoms with E-state index in [9.17, 15) is 5.11 Å². The third kappa shape index (κ3) is 4.70. The standard InChI is InChI=1S/C25H36O3/c1-9-21(26)10-11-28-24-18(4)12-20(13-19(24)5)25(6,7)23-16(2)14-22(27-8)15-17(23)3/h12-15,21,26H,9-11H2,1-8H3. The van der Waals surface area contributed by atoms with Crippen LogP contribution in [0, 0.1) is 27.7 Å². The van der Waals surface area contributed by atoms with E-state index in [1.165, 1.54) is 22.3 Å². The van der Waals surface area contributed by atoms with Crippen LogP contribution in [-0.2, 0) is 5.41 Å². The molecule has 1 N–H and O–H groups in total. The van der Waals surface area contributed by atoms with Gasteiger partial charge in [-0.2, -0.15) is 0 Å². The van der Waals surface area contributed by atoms with E-state index in [2.05, 4.69) is 65.8 Å². The summed E-state index contributed by atoms with van der Waals surface area (Å²) in [7, 11) is 1.71. The molecule has 0 saturated heterocycles. The highest BCUT2D eigenvalue weighted by atomic mass is 16.5. The van der Waals surface area contributed by atoms with Gasteiger partial charge in [0.05, 0.1) is 19.8 Å². The summed E-state index contributed by atoms with van der Waals surface area (Å²) in [6, 6.07) is 8.70. The molecular formula is C25H36O3. The molecule has 28 heavy (non-hydrogen) atoms.